The third-order valence-corrected chi connectivity index (χ3v) is 5.12. The molecule has 2 aromatic heterocycles. The molecule has 3 N–H and O–H groups in total. The van der Waals surface area contributed by atoms with E-state index in [0.717, 1.165) is 12.1 Å². The first-order valence-corrected chi connectivity index (χ1v) is 9.77. The second kappa shape index (κ2) is 7.82. The summed E-state index contributed by atoms with van der Waals surface area (Å²) in [5, 5.41) is 3.55. The Labute approximate surface area is 171 Å². The van der Waals surface area contributed by atoms with Gasteiger partial charge in [-0.25, -0.2) is 9.97 Å². The number of carbonyl (C=O) groups is 1. The van der Waals surface area contributed by atoms with E-state index in [9.17, 15) is 22.8 Å². The number of aromatic amines is 2. The summed E-state index contributed by atoms with van der Waals surface area (Å²) in [6, 6.07) is 10.00. The normalized spacial score (nSPS) is 11.8. The number of nitrogens with zero attached hydrogens (tertiary/aromatic N) is 2. The van der Waals surface area contributed by atoms with Crippen LogP contribution in [-0.2, 0) is 6.18 Å². The Bertz CT molecular complexity index is 1300. The molecule has 0 atom stereocenters. The average Bonchev–Trinajstić information content (AvgIpc) is 3.14. The summed E-state index contributed by atoms with van der Waals surface area (Å²) < 4.78 is 38.4. The van der Waals surface area contributed by atoms with Gasteiger partial charge in [0, 0.05) is 12.3 Å². The lowest BCUT2D eigenvalue weighted by molar-refractivity contribution is -0.137. The lowest BCUT2D eigenvalue weighted by Gasteiger charge is -2.05. The fourth-order valence-corrected chi connectivity index (χ4v) is 3.55. The van der Waals surface area contributed by atoms with Crippen molar-refractivity contribution >= 4 is 39.6 Å². The number of nitrogens with one attached hydrogen (secondary N) is 3. The Morgan fingerprint density at radius 3 is 2.67 bits per heavy atom. The monoisotopic (exact) mass is 433 g/mol. The van der Waals surface area contributed by atoms with Crippen LogP contribution in [0.25, 0.3) is 21.9 Å². The molecule has 2 heterocycles. The lowest BCUT2D eigenvalue weighted by Crippen LogP contribution is -2.26. The van der Waals surface area contributed by atoms with Crippen LogP contribution >= 0.6 is 11.8 Å². The number of hydrogen-bond acceptors (Lipinski definition) is 5. The zero-order valence-electron chi connectivity index (χ0n) is 15.2. The van der Waals surface area contributed by atoms with Gasteiger partial charge < -0.3 is 15.3 Å². The van der Waals surface area contributed by atoms with Gasteiger partial charge in [0.1, 0.15) is 0 Å². The second-order valence-electron chi connectivity index (χ2n) is 6.31. The van der Waals surface area contributed by atoms with Crippen molar-refractivity contribution in [1.82, 2.24) is 25.3 Å². The number of rotatable bonds is 5. The van der Waals surface area contributed by atoms with Crippen molar-refractivity contribution in [2.45, 2.75) is 11.3 Å². The van der Waals surface area contributed by atoms with Crippen molar-refractivity contribution in [1.29, 1.82) is 0 Å². The number of halogens is 3. The number of alkyl halides is 3. The van der Waals surface area contributed by atoms with Gasteiger partial charge in [0.05, 0.1) is 27.5 Å². The van der Waals surface area contributed by atoms with Crippen molar-refractivity contribution in [3.63, 3.8) is 0 Å². The smallest absolute Gasteiger partial charge is 0.349 e. The first-order valence-electron chi connectivity index (χ1n) is 8.78. The Hall–Kier alpha value is -3.34. The number of H-pyrrole nitrogens is 2. The minimum Gasteiger partial charge on any atom is -0.349 e. The van der Waals surface area contributed by atoms with Crippen LogP contribution in [0.4, 0.5) is 13.2 Å². The average molecular weight is 433 g/mol. The van der Waals surface area contributed by atoms with Gasteiger partial charge in [-0.15, -0.1) is 0 Å². The number of hydrogen-bond donors (Lipinski definition) is 3. The second-order valence-corrected chi connectivity index (χ2v) is 7.39. The highest BCUT2D eigenvalue weighted by Gasteiger charge is 2.30. The highest BCUT2D eigenvalue weighted by Crippen LogP contribution is 2.30. The van der Waals surface area contributed by atoms with Crippen LogP contribution in [0.3, 0.4) is 0 Å². The third-order valence-electron chi connectivity index (χ3n) is 4.24. The number of aromatic nitrogens is 4. The highest BCUT2D eigenvalue weighted by atomic mass is 32.2. The van der Waals surface area contributed by atoms with Gasteiger partial charge in [0.15, 0.2) is 11.0 Å². The molecular formula is C19H14F3N5O2S. The number of amides is 1. The zero-order valence-corrected chi connectivity index (χ0v) is 16.0. The summed E-state index contributed by atoms with van der Waals surface area (Å²) >= 11 is 1.26. The van der Waals surface area contributed by atoms with E-state index >= 15 is 0 Å². The molecule has 0 aliphatic rings. The molecule has 0 radical (unpaired) electrons. The van der Waals surface area contributed by atoms with Crippen molar-refractivity contribution in [2.24, 2.45) is 0 Å². The number of fused-ring (bicyclic) bond motifs is 2. The summed E-state index contributed by atoms with van der Waals surface area (Å²) in [4.78, 5) is 37.9. The Kier molecular flexibility index (Phi) is 5.20. The Morgan fingerprint density at radius 2 is 1.87 bits per heavy atom. The number of para-hydroxylation sites is 1. The van der Waals surface area contributed by atoms with Gasteiger partial charge in [-0.2, -0.15) is 13.2 Å². The molecule has 1 amide bonds. The molecule has 7 nitrogen and oxygen atoms in total. The van der Waals surface area contributed by atoms with Crippen molar-refractivity contribution < 1.29 is 18.0 Å². The van der Waals surface area contributed by atoms with Crippen LogP contribution < -0.4 is 10.9 Å². The number of carbonyl (C=O) groups excluding carboxylic acids is 1. The van der Waals surface area contributed by atoms with Crippen LogP contribution in [-0.4, -0.2) is 38.1 Å². The van der Waals surface area contributed by atoms with Crippen molar-refractivity contribution in [2.75, 3.05) is 12.3 Å². The van der Waals surface area contributed by atoms with E-state index in [-0.39, 0.29) is 29.0 Å². The molecule has 4 aromatic rings. The minimum atomic E-state index is -4.48. The summed E-state index contributed by atoms with van der Waals surface area (Å²) in [7, 11) is 0. The zero-order chi connectivity index (χ0) is 21.3. The largest absolute Gasteiger partial charge is 0.416 e. The molecular weight excluding hydrogens is 419 g/mol. The number of benzene rings is 2. The molecule has 30 heavy (non-hydrogen) atoms. The maximum Gasteiger partial charge on any atom is 0.416 e. The molecule has 0 spiro atoms. The van der Waals surface area contributed by atoms with E-state index < -0.39 is 17.6 Å². The van der Waals surface area contributed by atoms with Crippen molar-refractivity contribution in [3.8, 4) is 0 Å². The van der Waals surface area contributed by atoms with Crippen LogP contribution in [0.2, 0.25) is 0 Å². The molecule has 0 fully saturated rings. The first-order chi connectivity index (χ1) is 14.3. The molecule has 0 aliphatic carbocycles. The molecule has 11 heteroatoms. The molecule has 0 aliphatic heterocycles. The Morgan fingerprint density at radius 1 is 1.07 bits per heavy atom. The van der Waals surface area contributed by atoms with Gasteiger partial charge in [-0.3, -0.25) is 9.59 Å². The molecule has 0 bridgehead atoms. The maximum atomic E-state index is 12.8. The first kappa shape index (κ1) is 20.0. The third kappa shape index (κ3) is 4.15. The van der Waals surface area contributed by atoms with E-state index in [1.54, 1.807) is 24.3 Å². The van der Waals surface area contributed by atoms with Gasteiger partial charge in [-0.05, 0) is 30.3 Å². The van der Waals surface area contributed by atoms with E-state index in [1.165, 1.54) is 17.8 Å². The predicted molar refractivity (Wildman–Crippen MR) is 107 cm³/mol. The van der Waals surface area contributed by atoms with Gasteiger partial charge in [0.2, 0.25) is 0 Å². The van der Waals surface area contributed by atoms with Crippen LogP contribution in [0, 0.1) is 0 Å². The quantitative estimate of drug-likeness (QED) is 0.254. The molecule has 0 saturated carbocycles. The SMILES string of the molecule is O=C(NCCSc1nc2ccccc2c(=O)[nH]1)c1nc2ccc(C(F)(F)F)cc2[nH]1. The summed E-state index contributed by atoms with van der Waals surface area (Å²) in [5.74, 6) is -0.197. The van der Waals surface area contributed by atoms with E-state index in [2.05, 4.69) is 25.3 Å². The van der Waals surface area contributed by atoms with Gasteiger partial charge in [-0.1, -0.05) is 23.9 Å². The van der Waals surface area contributed by atoms with E-state index in [1.807, 2.05) is 0 Å². The predicted octanol–water partition coefficient (Wildman–Crippen LogP) is 3.34. The highest BCUT2D eigenvalue weighted by molar-refractivity contribution is 7.99. The number of imidazole rings is 1. The summed E-state index contributed by atoms with van der Waals surface area (Å²) in [6.45, 7) is 0.241. The number of thioether (sulfide) groups is 1. The molecule has 2 aromatic carbocycles. The van der Waals surface area contributed by atoms with Gasteiger partial charge in [0.25, 0.3) is 11.5 Å². The Balaban J connectivity index is 1.37. The molecule has 154 valence electrons. The van der Waals surface area contributed by atoms with Crippen molar-refractivity contribution in [3.05, 3.63) is 64.2 Å². The van der Waals surface area contributed by atoms with E-state index in [0.29, 0.717) is 21.8 Å². The molecule has 0 unspecified atom stereocenters. The molecule has 4 rings (SSSR count). The standard InChI is InChI=1S/C19H14F3N5O2S/c20-19(21,22)10-5-6-13-14(9-10)25-15(24-13)17(29)23-7-8-30-18-26-12-4-2-1-3-11(12)16(28)27-18/h1-6,9H,7-8H2,(H,23,29)(H,24,25)(H,26,27,28). The summed E-state index contributed by atoms with van der Waals surface area (Å²) in [5.41, 5.74) is -0.0948. The van der Waals surface area contributed by atoms with Gasteiger partial charge >= 0.3 is 6.18 Å². The summed E-state index contributed by atoms with van der Waals surface area (Å²) in [6.07, 6.45) is -4.48. The molecule has 0 saturated heterocycles. The fraction of sp³-hybridized carbons (Fsp3) is 0.158. The lowest BCUT2D eigenvalue weighted by atomic mass is 10.2. The topological polar surface area (TPSA) is 104 Å². The maximum absolute atomic E-state index is 12.8. The van der Waals surface area contributed by atoms with Crippen LogP contribution in [0.1, 0.15) is 16.2 Å². The van der Waals surface area contributed by atoms with Crippen LogP contribution in [0.5, 0.6) is 0 Å². The fourth-order valence-electron chi connectivity index (χ4n) is 2.82. The van der Waals surface area contributed by atoms with Crippen LogP contribution in [0.15, 0.2) is 52.4 Å². The van der Waals surface area contributed by atoms with E-state index in [4.69, 9.17) is 0 Å². The minimum absolute atomic E-state index is 0.0773.